The zero-order valence-corrected chi connectivity index (χ0v) is 17.5. The molecule has 2 N–H and O–H groups in total. The molecule has 1 saturated heterocycles. The Morgan fingerprint density at radius 3 is 3.00 bits per heavy atom. The van der Waals surface area contributed by atoms with Crippen molar-refractivity contribution in [2.24, 2.45) is 4.99 Å². The van der Waals surface area contributed by atoms with Crippen molar-refractivity contribution in [2.45, 2.75) is 25.8 Å². The smallest absolute Gasteiger partial charge is 0.191 e. The molecule has 1 aromatic heterocycles. The number of ether oxygens (including phenoxy) is 1. The number of nitrogens with one attached hydrogen (secondary N) is 2. The summed E-state index contributed by atoms with van der Waals surface area (Å²) in [6.07, 6.45) is 3.70. The summed E-state index contributed by atoms with van der Waals surface area (Å²) >= 11 is 6.27. The summed E-state index contributed by atoms with van der Waals surface area (Å²) in [4.78, 5) is 11.0. The van der Waals surface area contributed by atoms with Crippen LogP contribution in [0.15, 0.2) is 41.5 Å². The maximum atomic E-state index is 6.27. The van der Waals surface area contributed by atoms with Crippen LogP contribution in [0.2, 0.25) is 5.02 Å². The number of nitrogens with zero attached hydrogens (tertiary/aromatic N) is 3. The van der Waals surface area contributed by atoms with Gasteiger partial charge in [-0.25, -0.2) is 4.98 Å². The lowest BCUT2D eigenvalue weighted by atomic mass is 10.1. The summed E-state index contributed by atoms with van der Waals surface area (Å²) in [5.74, 6) is 2.60. The average molecular weight is 402 g/mol. The van der Waals surface area contributed by atoms with Gasteiger partial charge < -0.3 is 20.3 Å². The van der Waals surface area contributed by atoms with Crippen LogP contribution < -0.4 is 20.3 Å². The molecule has 1 aromatic carbocycles. The molecule has 7 heteroatoms. The molecule has 0 amide bonds. The number of rotatable bonds is 6. The molecule has 1 unspecified atom stereocenters. The molecule has 1 aliphatic heterocycles. The largest absolute Gasteiger partial charge is 0.496 e. The van der Waals surface area contributed by atoms with Crippen molar-refractivity contribution < 1.29 is 4.74 Å². The molecule has 28 heavy (non-hydrogen) atoms. The van der Waals surface area contributed by atoms with Crippen molar-refractivity contribution in [3.63, 3.8) is 0 Å². The van der Waals surface area contributed by atoms with E-state index in [1.165, 1.54) is 5.56 Å². The van der Waals surface area contributed by atoms with Gasteiger partial charge in [-0.2, -0.15) is 0 Å². The Labute approximate surface area is 172 Å². The molecule has 2 heterocycles. The number of aromatic nitrogens is 1. The Morgan fingerprint density at radius 1 is 1.39 bits per heavy atom. The summed E-state index contributed by atoms with van der Waals surface area (Å²) in [5, 5.41) is 7.60. The second-order valence-corrected chi connectivity index (χ2v) is 7.34. The summed E-state index contributed by atoms with van der Waals surface area (Å²) in [6.45, 7) is 4.63. The van der Waals surface area contributed by atoms with Crippen LogP contribution in [0.1, 0.15) is 17.5 Å². The molecule has 0 aliphatic carbocycles. The average Bonchev–Trinajstić information content (AvgIpc) is 3.17. The van der Waals surface area contributed by atoms with Crippen LogP contribution >= 0.6 is 11.6 Å². The standard InChI is InChI=1S/C21H28ClN5O/c1-15-6-7-16(13-19(15)28-3)8-11-25-21(23-2)26-17-9-12-27(14-17)20-18(22)5-4-10-24-20/h4-7,10,13,17H,8-9,11-12,14H2,1-3H3,(H2,23,25,26). The Hall–Kier alpha value is -2.47. The van der Waals surface area contributed by atoms with Crippen molar-refractivity contribution in [3.8, 4) is 5.75 Å². The molecule has 0 bridgehead atoms. The van der Waals surface area contributed by atoms with Crippen molar-refractivity contribution in [2.75, 3.05) is 38.7 Å². The van der Waals surface area contributed by atoms with Crippen LogP contribution in [0.3, 0.4) is 0 Å². The van der Waals surface area contributed by atoms with Gasteiger partial charge in [0.25, 0.3) is 0 Å². The molecular formula is C21H28ClN5O. The first-order valence-corrected chi connectivity index (χ1v) is 9.94. The third kappa shape index (κ3) is 5.07. The van der Waals surface area contributed by atoms with Gasteiger partial charge in [-0.1, -0.05) is 23.7 Å². The molecule has 0 radical (unpaired) electrons. The van der Waals surface area contributed by atoms with Gasteiger partial charge in [0.05, 0.1) is 12.1 Å². The van der Waals surface area contributed by atoms with Crippen LogP contribution in [-0.2, 0) is 6.42 Å². The van der Waals surface area contributed by atoms with E-state index in [2.05, 4.69) is 50.6 Å². The highest BCUT2D eigenvalue weighted by Crippen LogP contribution is 2.25. The number of aliphatic imine (C=N–C) groups is 1. The normalized spacial score (nSPS) is 16.9. The van der Waals surface area contributed by atoms with E-state index in [-0.39, 0.29) is 0 Å². The lowest BCUT2D eigenvalue weighted by Gasteiger charge is -2.20. The van der Waals surface area contributed by atoms with Gasteiger partial charge in [-0.05, 0) is 49.1 Å². The molecule has 1 aliphatic rings. The van der Waals surface area contributed by atoms with E-state index in [0.29, 0.717) is 11.1 Å². The van der Waals surface area contributed by atoms with Crippen molar-refractivity contribution in [1.82, 2.24) is 15.6 Å². The molecular weight excluding hydrogens is 374 g/mol. The van der Waals surface area contributed by atoms with Gasteiger partial charge in [0.1, 0.15) is 11.6 Å². The van der Waals surface area contributed by atoms with Crippen LogP contribution in [0.4, 0.5) is 5.82 Å². The lowest BCUT2D eigenvalue weighted by Crippen LogP contribution is -2.45. The number of methoxy groups -OCH3 is 1. The van der Waals surface area contributed by atoms with Gasteiger partial charge in [0.15, 0.2) is 5.96 Å². The minimum Gasteiger partial charge on any atom is -0.496 e. The zero-order valence-electron chi connectivity index (χ0n) is 16.7. The highest BCUT2D eigenvalue weighted by Gasteiger charge is 2.25. The summed E-state index contributed by atoms with van der Waals surface area (Å²) in [6, 6.07) is 10.4. The zero-order chi connectivity index (χ0) is 19.9. The number of pyridine rings is 1. The van der Waals surface area contributed by atoms with Crippen LogP contribution in [0, 0.1) is 6.92 Å². The molecule has 0 spiro atoms. The Balaban J connectivity index is 1.48. The van der Waals surface area contributed by atoms with E-state index in [9.17, 15) is 0 Å². The molecule has 6 nitrogen and oxygen atoms in total. The Kier molecular flexibility index (Phi) is 6.98. The Bertz CT molecular complexity index is 826. The monoisotopic (exact) mass is 401 g/mol. The SMILES string of the molecule is CN=C(NCCc1ccc(C)c(OC)c1)NC1CCN(c2ncccc2Cl)C1. The number of hydrogen-bond donors (Lipinski definition) is 2. The second-order valence-electron chi connectivity index (χ2n) is 6.94. The predicted octanol–water partition coefficient (Wildman–Crippen LogP) is 3.04. The first-order chi connectivity index (χ1) is 13.6. The number of guanidine groups is 1. The van der Waals surface area contributed by atoms with Crippen molar-refractivity contribution in [1.29, 1.82) is 0 Å². The molecule has 1 atom stereocenters. The maximum Gasteiger partial charge on any atom is 0.191 e. The fourth-order valence-corrected chi connectivity index (χ4v) is 3.65. The summed E-state index contributed by atoms with van der Waals surface area (Å²) in [5.41, 5.74) is 2.39. The van der Waals surface area contributed by atoms with E-state index in [1.807, 2.05) is 12.1 Å². The minimum atomic E-state index is 0.309. The number of hydrogen-bond acceptors (Lipinski definition) is 4. The number of aryl methyl sites for hydroxylation is 1. The Morgan fingerprint density at radius 2 is 2.25 bits per heavy atom. The van der Waals surface area contributed by atoms with Crippen LogP contribution in [-0.4, -0.2) is 50.8 Å². The van der Waals surface area contributed by atoms with Gasteiger partial charge >= 0.3 is 0 Å². The van der Waals surface area contributed by atoms with Gasteiger partial charge in [-0.15, -0.1) is 0 Å². The van der Waals surface area contributed by atoms with Crippen LogP contribution in [0.25, 0.3) is 0 Å². The van der Waals surface area contributed by atoms with Crippen molar-refractivity contribution in [3.05, 3.63) is 52.7 Å². The highest BCUT2D eigenvalue weighted by molar-refractivity contribution is 6.32. The van der Waals surface area contributed by atoms with E-state index in [4.69, 9.17) is 16.3 Å². The number of halogens is 1. The lowest BCUT2D eigenvalue weighted by molar-refractivity contribution is 0.411. The van der Waals surface area contributed by atoms with Gasteiger partial charge in [0, 0.05) is 38.9 Å². The summed E-state index contributed by atoms with van der Waals surface area (Å²) < 4.78 is 5.40. The molecule has 150 valence electrons. The quantitative estimate of drug-likeness (QED) is 0.575. The van der Waals surface area contributed by atoms with E-state index in [0.717, 1.165) is 55.6 Å². The van der Waals surface area contributed by atoms with Crippen molar-refractivity contribution >= 4 is 23.4 Å². The second kappa shape index (κ2) is 9.64. The third-order valence-electron chi connectivity index (χ3n) is 4.97. The molecule has 3 rings (SSSR count). The van der Waals surface area contributed by atoms with Gasteiger partial charge in [-0.3, -0.25) is 4.99 Å². The predicted molar refractivity (Wildman–Crippen MR) is 116 cm³/mol. The topological polar surface area (TPSA) is 61.8 Å². The molecule has 2 aromatic rings. The first kappa shape index (κ1) is 20.3. The number of benzene rings is 1. The van der Waals surface area contributed by atoms with Crippen LogP contribution in [0.5, 0.6) is 5.75 Å². The van der Waals surface area contributed by atoms with E-state index >= 15 is 0 Å². The molecule has 1 fully saturated rings. The number of anilines is 1. The maximum absolute atomic E-state index is 6.27. The van der Waals surface area contributed by atoms with E-state index in [1.54, 1.807) is 20.4 Å². The molecule has 0 saturated carbocycles. The van der Waals surface area contributed by atoms with Gasteiger partial charge in [0.2, 0.25) is 0 Å². The fourth-order valence-electron chi connectivity index (χ4n) is 3.41. The first-order valence-electron chi connectivity index (χ1n) is 9.57. The highest BCUT2D eigenvalue weighted by atomic mass is 35.5. The minimum absolute atomic E-state index is 0.309. The fraction of sp³-hybridized carbons (Fsp3) is 0.429. The summed E-state index contributed by atoms with van der Waals surface area (Å²) in [7, 11) is 3.51. The third-order valence-corrected chi connectivity index (χ3v) is 5.26. The van der Waals surface area contributed by atoms with E-state index < -0.39 is 0 Å².